The van der Waals surface area contributed by atoms with Gasteiger partial charge < -0.3 is 9.80 Å². The van der Waals surface area contributed by atoms with Gasteiger partial charge in [-0.3, -0.25) is 4.79 Å². The van der Waals surface area contributed by atoms with E-state index in [2.05, 4.69) is 67.2 Å². The molecule has 1 atom stereocenters. The van der Waals surface area contributed by atoms with E-state index in [1.54, 1.807) is 11.8 Å². The number of hydrogen-bond acceptors (Lipinski definition) is 4. The maximum absolute atomic E-state index is 12.1. The zero-order chi connectivity index (χ0) is 17.3. The van der Waals surface area contributed by atoms with E-state index in [0.29, 0.717) is 12.5 Å². The van der Waals surface area contributed by atoms with Crippen LogP contribution < -0.4 is 4.90 Å². The lowest BCUT2D eigenvalue weighted by Gasteiger charge is -2.38. The number of likely N-dealkylation sites (N-methyl/N-ethyl adjacent to an activating group) is 1. The van der Waals surface area contributed by atoms with Crippen LogP contribution >= 0.6 is 24.2 Å². The smallest absolute Gasteiger partial charge is 0.162 e. The van der Waals surface area contributed by atoms with Gasteiger partial charge in [-0.1, -0.05) is 30.8 Å². The summed E-state index contributed by atoms with van der Waals surface area (Å²) in [6.07, 6.45) is 0.542. The SMILES string of the molecule is CCC(=O)c1ccc2c(c1)Sc1ccccc1N2C(C)CN(C)C.Cl. The Morgan fingerprint density at radius 2 is 1.80 bits per heavy atom. The summed E-state index contributed by atoms with van der Waals surface area (Å²) in [6, 6.07) is 15.0. The quantitative estimate of drug-likeness (QED) is 0.664. The highest BCUT2D eigenvalue weighted by Gasteiger charge is 2.27. The van der Waals surface area contributed by atoms with Gasteiger partial charge in [-0.25, -0.2) is 0 Å². The van der Waals surface area contributed by atoms with E-state index in [1.165, 1.54) is 21.2 Å². The zero-order valence-electron chi connectivity index (χ0n) is 15.2. The first kappa shape index (κ1) is 19.8. The maximum Gasteiger partial charge on any atom is 0.162 e. The van der Waals surface area contributed by atoms with Crippen molar-refractivity contribution in [3.05, 3.63) is 48.0 Å². The summed E-state index contributed by atoms with van der Waals surface area (Å²) < 4.78 is 0. The Kier molecular flexibility index (Phi) is 6.55. The second-order valence-corrected chi connectivity index (χ2v) is 7.59. The molecule has 134 valence electrons. The Hall–Kier alpha value is -1.49. The van der Waals surface area contributed by atoms with Crippen LogP contribution in [0.5, 0.6) is 0 Å². The van der Waals surface area contributed by atoms with E-state index in [0.717, 1.165) is 12.1 Å². The van der Waals surface area contributed by atoms with Gasteiger partial charge in [0.2, 0.25) is 0 Å². The first-order chi connectivity index (χ1) is 11.5. The molecule has 25 heavy (non-hydrogen) atoms. The van der Waals surface area contributed by atoms with Crippen molar-refractivity contribution in [3.8, 4) is 0 Å². The third-order valence-corrected chi connectivity index (χ3v) is 5.39. The van der Waals surface area contributed by atoms with Crippen molar-refractivity contribution in [2.75, 3.05) is 25.5 Å². The van der Waals surface area contributed by atoms with Gasteiger partial charge in [0.25, 0.3) is 0 Å². The second-order valence-electron chi connectivity index (χ2n) is 6.51. The number of rotatable bonds is 5. The van der Waals surface area contributed by atoms with E-state index in [1.807, 2.05) is 13.0 Å². The lowest BCUT2D eigenvalue weighted by Crippen LogP contribution is -2.38. The summed E-state index contributed by atoms with van der Waals surface area (Å²) in [5, 5.41) is 0. The van der Waals surface area contributed by atoms with E-state index in [-0.39, 0.29) is 18.2 Å². The van der Waals surface area contributed by atoms with Gasteiger partial charge in [-0.2, -0.15) is 0 Å². The molecular formula is C20H25ClN2OS. The fraction of sp³-hybridized carbons (Fsp3) is 0.350. The minimum absolute atomic E-state index is 0. The monoisotopic (exact) mass is 376 g/mol. The van der Waals surface area contributed by atoms with Crippen molar-refractivity contribution in [1.82, 2.24) is 4.90 Å². The molecule has 0 aromatic heterocycles. The van der Waals surface area contributed by atoms with E-state index < -0.39 is 0 Å². The number of Topliss-reactive ketones (excluding diaryl/α,β-unsaturated/α-hetero) is 1. The number of carbonyl (C=O) groups is 1. The topological polar surface area (TPSA) is 23.6 Å². The fourth-order valence-electron chi connectivity index (χ4n) is 3.25. The fourth-order valence-corrected chi connectivity index (χ4v) is 4.36. The van der Waals surface area contributed by atoms with Gasteiger partial charge in [0.05, 0.1) is 11.4 Å². The number of carbonyl (C=O) groups excluding carboxylic acids is 1. The molecule has 2 aromatic carbocycles. The Morgan fingerprint density at radius 3 is 2.48 bits per heavy atom. The van der Waals surface area contributed by atoms with Crippen molar-refractivity contribution in [2.45, 2.75) is 36.1 Å². The average molecular weight is 377 g/mol. The molecule has 0 saturated heterocycles. The first-order valence-corrected chi connectivity index (χ1v) is 9.21. The average Bonchev–Trinajstić information content (AvgIpc) is 2.57. The third-order valence-electron chi connectivity index (χ3n) is 4.28. The number of benzene rings is 2. The van der Waals surface area contributed by atoms with Crippen LogP contribution in [-0.2, 0) is 0 Å². The lowest BCUT2D eigenvalue weighted by atomic mass is 10.1. The zero-order valence-corrected chi connectivity index (χ0v) is 16.8. The summed E-state index contributed by atoms with van der Waals surface area (Å²) in [7, 11) is 4.20. The molecule has 0 radical (unpaired) electrons. The third kappa shape index (κ3) is 4.02. The minimum Gasteiger partial charge on any atom is -0.335 e. The van der Waals surface area contributed by atoms with Gasteiger partial charge in [-0.05, 0) is 51.4 Å². The Morgan fingerprint density at radius 1 is 1.12 bits per heavy atom. The lowest BCUT2D eigenvalue weighted by molar-refractivity contribution is 0.0988. The number of fused-ring (bicyclic) bond motifs is 2. The predicted octanol–water partition coefficient (Wildman–Crippen LogP) is 5.25. The summed E-state index contributed by atoms with van der Waals surface area (Å²) in [5.41, 5.74) is 3.25. The highest BCUT2D eigenvalue weighted by atomic mass is 35.5. The van der Waals surface area contributed by atoms with Crippen LogP contribution in [0.1, 0.15) is 30.6 Å². The van der Waals surface area contributed by atoms with Crippen LogP contribution in [0.15, 0.2) is 52.3 Å². The van der Waals surface area contributed by atoms with Crippen LogP contribution in [-0.4, -0.2) is 37.4 Å². The van der Waals surface area contributed by atoms with E-state index >= 15 is 0 Å². The normalized spacial score (nSPS) is 13.7. The number of hydrogen-bond donors (Lipinski definition) is 0. The van der Waals surface area contributed by atoms with Gasteiger partial charge in [0.1, 0.15) is 0 Å². The van der Waals surface area contributed by atoms with Gasteiger partial charge in [0, 0.05) is 34.4 Å². The Balaban J connectivity index is 0.00000225. The molecule has 0 spiro atoms. The molecule has 1 heterocycles. The molecule has 1 unspecified atom stereocenters. The molecule has 0 saturated carbocycles. The number of anilines is 2. The second kappa shape index (κ2) is 8.26. The molecule has 0 aliphatic carbocycles. The Bertz CT molecular complexity index is 763. The highest BCUT2D eigenvalue weighted by Crippen LogP contribution is 2.49. The Labute approximate surface area is 160 Å². The summed E-state index contributed by atoms with van der Waals surface area (Å²) >= 11 is 1.76. The van der Waals surface area contributed by atoms with Crippen molar-refractivity contribution in [2.24, 2.45) is 0 Å². The molecule has 0 amide bonds. The van der Waals surface area contributed by atoms with E-state index in [4.69, 9.17) is 0 Å². The largest absolute Gasteiger partial charge is 0.335 e. The molecule has 1 aliphatic rings. The molecule has 3 rings (SSSR count). The molecule has 1 aliphatic heterocycles. The summed E-state index contributed by atoms with van der Waals surface area (Å²) in [4.78, 5) is 19.1. The maximum atomic E-state index is 12.1. The molecule has 0 bridgehead atoms. The van der Waals surface area contributed by atoms with Crippen molar-refractivity contribution < 1.29 is 4.79 Å². The first-order valence-electron chi connectivity index (χ1n) is 8.39. The molecular weight excluding hydrogens is 352 g/mol. The van der Waals surface area contributed by atoms with Crippen LogP contribution in [0.4, 0.5) is 11.4 Å². The van der Waals surface area contributed by atoms with Gasteiger partial charge >= 0.3 is 0 Å². The summed E-state index contributed by atoms with van der Waals surface area (Å²) in [5.74, 6) is 0.199. The molecule has 2 aromatic rings. The highest BCUT2D eigenvalue weighted by molar-refractivity contribution is 7.99. The van der Waals surface area contributed by atoms with E-state index in [9.17, 15) is 4.79 Å². The van der Waals surface area contributed by atoms with Crippen LogP contribution in [0.25, 0.3) is 0 Å². The van der Waals surface area contributed by atoms with Gasteiger partial charge in [0.15, 0.2) is 5.78 Å². The molecule has 0 fully saturated rings. The van der Waals surface area contributed by atoms with Crippen LogP contribution in [0.2, 0.25) is 0 Å². The molecule has 5 heteroatoms. The predicted molar refractivity (Wildman–Crippen MR) is 109 cm³/mol. The van der Waals surface area contributed by atoms with Crippen molar-refractivity contribution in [3.63, 3.8) is 0 Å². The van der Waals surface area contributed by atoms with Gasteiger partial charge in [-0.15, -0.1) is 12.4 Å². The van der Waals surface area contributed by atoms with Crippen molar-refractivity contribution >= 4 is 41.3 Å². The number of halogens is 1. The standard InChI is InChI=1S/C20H24N2OS.ClH/c1-5-18(23)15-10-11-17-20(12-15)24-19-9-7-6-8-16(19)22(17)14(2)13-21(3)4;/h6-12,14H,5,13H2,1-4H3;1H. The molecule has 3 nitrogen and oxygen atoms in total. The minimum atomic E-state index is 0. The number of ketones is 1. The summed E-state index contributed by atoms with van der Waals surface area (Å²) in [6.45, 7) is 5.13. The molecule has 0 N–H and O–H groups in total. The van der Waals surface area contributed by atoms with Crippen LogP contribution in [0, 0.1) is 0 Å². The number of para-hydroxylation sites is 1. The number of nitrogens with zero attached hydrogens (tertiary/aromatic N) is 2. The van der Waals surface area contributed by atoms with Crippen molar-refractivity contribution in [1.29, 1.82) is 0 Å². The van der Waals surface area contributed by atoms with Crippen LogP contribution in [0.3, 0.4) is 0 Å².